The molecule has 3 rings (SSSR count). The predicted octanol–water partition coefficient (Wildman–Crippen LogP) is 2.28. The third kappa shape index (κ3) is 3.82. The van der Waals surface area contributed by atoms with Crippen LogP contribution in [0, 0.1) is 0 Å². The molecule has 0 aliphatic carbocycles. The minimum atomic E-state index is -4.58. The molecule has 0 amide bonds. The number of hydrogen-bond acceptors (Lipinski definition) is 7. The van der Waals surface area contributed by atoms with Crippen molar-refractivity contribution in [2.24, 2.45) is 0 Å². The smallest absolute Gasteiger partial charge is 0.363 e. The monoisotopic (exact) mass is 350 g/mol. The second kappa shape index (κ2) is 6.34. The van der Waals surface area contributed by atoms with E-state index in [9.17, 15) is 13.2 Å². The van der Waals surface area contributed by atoms with Crippen LogP contribution in [0.1, 0.15) is 5.69 Å². The van der Waals surface area contributed by atoms with Gasteiger partial charge in [-0.05, 0) is 6.07 Å². The summed E-state index contributed by atoms with van der Waals surface area (Å²) in [6, 6.07) is 2.54. The summed E-state index contributed by atoms with van der Waals surface area (Å²) in [4.78, 5) is 17.1. The van der Waals surface area contributed by atoms with Crippen molar-refractivity contribution >= 4 is 17.5 Å². The van der Waals surface area contributed by atoms with Gasteiger partial charge in [0.25, 0.3) is 0 Å². The van der Waals surface area contributed by atoms with Gasteiger partial charge in [-0.25, -0.2) is 19.6 Å². The molecule has 0 bridgehead atoms. The lowest BCUT2D eigenvalue weighted by molar-refractivity contribution is -0.141. The van der Waals surface area contributed by atoms with Crippen molar-refractivity contribution in [1.82, 2.24) is 29.7 Å². The van der Waals surface area contributed by atoms with Gasteiger partial charge in [0, 0.05) is 32.6 Å². The molecule has 1 N–H and O–H groups in total. The standard InChI is InChI=1S/C14H13F3N8/c1-24(2)11-6-10(14(15,16)17)22-12(23-11)21-9-7-20-25(8-9)13-18-4-3-5-19-13/h3-8H,1-2H3,(H,21,22,23). The number of nitrogens with one attached hydrogen (secondary N) is 1. The van der Waals surface area contributed by atoms with E-state index in [-0.39, 0.29) is 11.8 Å². The number of nitrogens with zero attached hydrogens (tertiary/aromatic N) is 7. The average Bonchev–Trinajstić information content (AvgIpc) is 3.03. The topological polar surface area (TPSA) is 84.7 Å². The second-order valence-corrected chi connectivity index (χ2v) is 5.17. The fourth-order valence-electron chi connectivity index (χ4n) is 1.90. The lowest BCUT2D eigenvalue weighted by Crippen LogP contribution is -2.16. The van der Waals surface area contributed by atoms with Gasteiger partial charge in [0.2, 0.25) is 11.9 Å². The Balaban J connectivity index is 1.90. The van der Waals surface area contributed by atoms with Crippen molar-refractivity contribution in [3.63, 3.8) is 0 Å². The number of rotatable bonds is 4. The summed E-state index contributed by atoms with van der Waals surface area (Å²) < 4.78 is 40.4. The first kappa shape index (κ1) is 16.6. The molecule has 3 heterocycles. The van der Waals surface area contributed by atoms with E-state index in [2.05, 4.69) is 30.4 Å². The lowest BCUT2D eigenvalue weighted by atomic mass is 10.3. The van der Waals surface area contributed by atoms with Gasteiger partial charge >= 0.3 is 6.18 Å². The number of hydrogen-bond donors (Lipinski definition) is 1. The number of anilines is 3. The van der Waals surface area contributed by atoms with Crippen molar-refractivity contribution in [2.75, 3.05) is 24.3 Å². The Morgan fingerprint density at radius 2 is 1.84 bits per heavy atom. The van der Waals surface area contributed by atoms with Crippen LogP contribution >= 0.6 is 0 Å². The number of aromatic nitrogens is 6. The summed E-state index contributed by atoms with van der Waals surface area (Å²) in [5, 5.41) is 6.77. The highest BCUT2D eigenvalue weighted by molar-refractivity contribution is 5.54. The molecule has 8 nitrogen and oxygen atoms in total. The van der Waals surface area contributed by atoms with E-state index < -0.39 is 11.9 Å². The molecular formula is C14H13F3N8. The maximum atomic E-state index is 13.0. The van der Waals surface area contributed by atoms with E-state index in [0.29, 0.717) is 11.6 Å². The van der Waals surface area contributed by atoms with Crippen molar-refractivity contribution in [3.8, 4) is 5.95 Å². The van der Waals surface area contributed by atoms with Crippen LogP contribution in [-0.2, 0) is 6.18 Å². The van der Waals surface area contributed by atoms with Crippen LogP contribution in [0.5, 0.6) is 0 Å². The molecule has 130 valence electrons. The van der Waals surface area contributed by atoms with Gasteiger partial charge in [-0.2, -0.15) is 23.3 Å². The zero-order valence-electron chi connectivity index (χ0n) is 13.2. The largest absolute Gasteiger partial charge is 0.433 e. The van der Waals surface area contributed by atoms with Crippen LogP contribution in [0.25, 0.3) is 5.95 Å². The minimum Gasteiger partial charge on any atom is -0.363 e. The highest BCUT2D eigenvalue weighted by Crippen LogP contribution is 2.30. The molecule has 0 radical (unpaired) electrons. The van der Waals surface area contributed by atoms with Gasteiger partial charge in [0.15, 0.2) is 5.69 Å². The minimum absolute atomic E-state index is 0.128. The highest BCUT2D eigenvalue weighted by Gasteiger charge is 2.34. The summed E-state index contributed by atoms with van der Waals surface area (Å²) in [6.07, 6.45) is 1.46. The Kier molecular flexibility index (Phi) is 4.21. The van der Waals surface area contributed by atoms with Gasteiger partial charge < -0.3 is 10.2 Å². The highest BCUT2D eigenvalue weighted by atomic mass is 19.4. The molecule has 0 fully saturated rings. The molecule has 11 heteroatoms. The van der Waals surface area contributed by atoms with E-state index in [1.807, 2.05) is 0 Å². The molecule has 3 aromatic heterocycles. The van der Waals surface area contributed by atoms with Crippen LogP contribution in [0.3, 0.4) is 0 Å². The maximum absolute atomic E-state index is 13.0. The van der Waals surface area contributed by atoms with Crippen molar-refractivity contribution < 1.29 is 13.2 Å². The third-order valence-corrected chi connectivity index (χ3v) is 3.06. The first-order valence-corrected chi connectivity index (χ1v) is 7.05. The van der Waals surface area contributed by atoms with E-state index >= 15 is 0 Å². The van der Waals surface area contributed by atoms with Crippen LogP contribution in [-0.4, -0.2) is 43.8 Å². The second-order valence-electron chi connectivity index (χ2n) is 5.17. The Morgan fingerprint density at radius 3 is 2.48 bits per heavy atom. The van der Waals surface area contributed by atoms with Crippen LogP contribution in [0.15, 0.2) is 36.9 Å². The van der Waals surface area contributed by atoms with Crippen LogP contribution in [0.4, 0.5) is 30.6 Å². The summed E-state index contributed by atoms with van der Waals surface area (Å²) in [5.41, 5.74) is -0.635. The van der Waals surface area contributed by atoms with Gasteiger partial charge in [-0.15, -0.1) is 0 Å². The van der Waals surface area contributed by atoms with Gasteiger partial charge in [0.1, 0.15) is 5.82 Å². The van der Waals surface area contributed by atoms with Gasteiger partial charge in [-0.3, -0.25) is 0 Å². The van der Waals surface area contributed by atoms with Crippen molar-refractivity contribution in [1.29, 1.82) is 0 Å². The van der Waals surface area contributed by atoms with Gasteiger partial charge in [-0.1, -0.05) is 0 Å². The molecule has 0 spiro atoms. The third-order valence-electron chi connectivity index (χ3n) is 3.06. The Morgan fingerprint density at radius 1 is 1.12 bits per heavy atom. The van der Waals surface area contributed by atoms with Crippen LogP contribution in [0.2, 0.25) is 0 Å². The molecule has 25 heavy (non-hydrogen) atoms. The Hall–Kier alpha value is -3.24. The van der Waals surface area contributed by atoms with Crippen molar-refractivity contribution in [3.05, 3.63) is 42.6 Å². The van der Waals surface area contributed by atoms with Crippen molar-refractivity contribution in [2.45, 2.75) is 6.18 Å². The van der Waals surface area contributed by atoms with E-state index in [1.54, 1.807) is 32.6 Å². The normalized spacial score (nSPS) is 11.4. The molecule has 3 aromatic rings. The first-order valence-electron chi connectivity index (χ1n) is 7.05. The van der Waals surface area contributed by atoms with E-state index in [4.69, 9.17) is 0 Å². The summed E-state index contributed by atoms with van der Waals surface area (Å²) >= 11 is 0. The van der Waals surface area contributed by atoms with Gasteiger partial charge in [0.05, 0.1) is 18.1 Å². The molecule has 0 aliphatic heterocycles. The zero-order valence-corrected chi connectivity index (χ0v) is 13.2. The molecule has 0 aliphatic rings. The average molecular weight is 350 g/mol. The molecular weight excluding hydrogens is 337 g/mol. The summed E-state index contributed by atoms with van der Waals surface area (Å²) in [7, 11) is 3.19. The molecule has 0 saturated carbocycles. The number of alkyl halides is 3. The maximum Gasteiger partial charge on any atom is 0.433 e. The fraction of sp³-hybridized carbons (Fsp3) is 0.214. The van der Waals surface area contributed by atoms with E-state index in [1.165, 1.54) is 22.0 Å². The SMILES string of the molecule is CN(C)c1cc(C(F)(F)F)nc(Nc2cnn(-c3ncccn3)c2)n1. The quantitative estimate of drug-likeness (QED) is 0.773. The Bertz CT molecular complexity index is 860. The molecule has 0 saturated heterocycles. The molecule has 0 unspecified atom stereocenters. The predicted molar refractivity (Wildman–Crippen MR) is 83.8 cm³/mol. The first-order chi connectivity index (χ1) is 11.8. The lowest BCUT2D eigenvalue weighted by Gasteiger charge is -2.15. The molecule has 0 atom stereocenters. The summed E-state index contributed by atoms with van der Waals surface area (Å²) in [6.45, 7) is 0. The summed E-state index contributed by atoms with van der Waals surface area (Å²) in [5.74, 6) is 0.269. The van der Waals surface area contributed by atoms with E-state index in [0.717, 1.165) is 6.07 Å². The fourth-order valence-corrected chi connectivity index (χ4v) is 1.90. The Labute approximate surface area is 140 Å². The molecule has 0 aromatic carbocycles. The zero-order chi connectivity index (χ0) is 18.0. The van der Waals surface area contributed by atoms with Crippen LogP contribution < -0.4 is 10.2 Å². The number of halogens is 3.